The van der Waals surface area contributed by atoms with Crippen LogP contribution >= 0.6 is 23.2 Å². The van der Waals surface area contributed by atoms with Crippen molar-refractivity contribution in [3.05, 3.63) is 63.6 Å². The van der Waals surface area contributed by atoms with Gasteiger partial charge in [0.2, 0.25) is 18.1 Å². The van der Waals surface area contributed by atoms with E-state index in [1.165, 1.54) is 24.3 Å². The number of nitrogens with one attached hydrogen (secondary N) is 2. The van der Waals surface area contributed by atoms with Gasteiger partial charge >= 0.3 is 5.97 Å². The van der Waals surface area contributed by atoms with Crippen molar-refractivity contribution < 1.29 is 38.2 Å². The molecule has 0 aliphatic carbocycles. The van der Waals surface area contributed by atoms with E-state index in [-0.39, 0.29) is 66.1 Å². The zero-order valence-corrected chi connectivity index (χ0v) is 24.7. The summed E-state index contributed by atoms with van der Waals surface area (Å²) in [7, 11) is 1.39. The number of cyclic esters (lactones) is 1. The average Bonchev–Trinajstić information content (AvgIpc) is 3.29. The number of fused-ring (bicyclic) bond motifs is 1. The molecule has 3 aliphatic rings. The SMILES string of the molecule is COc1c(Cl)cc(C(=O)N[C@H]2CCC(=O)N3CCC[C@@H](C(=O)N[C@H]4CC(=O)OC4OCc4ccccc4)N3C2=O)cc1Cl. The highest BCUT2D eigenvalue weighted by Gasteiger charge is 2.46. The third-order valence-electron chi connectivity index (χ3n) is 7.48. The van der Waals surface area contributed by atoms with Crippen LogP contribution in [0, 0.1) is 0 Å². The molecular weight excluding hydrogens is 603 g/mol. The van der Waals surface area contributed by atoms with Crippen molar-refractivity contribution in [1.82, 2.24) is 20.7 Å². The molecule has 228 valence electrons. The number of benzene rings is 2. The smallest absolute Gasteiger partial charge is 0.310 e. The standard InChI is InChI=1S/C29H30Cl2N4O8/c1-41-25-18(30)12-17(13-19(25)31)26(38)32-20-9-10-23(36)34-11-5-8-22(35(34)28(20)40)27(39)33-21-14-24(37)43-29(21)42-15-16-6-3-2-4-7-16/h2-4,6-7,12-13,20-22,29H,5,8-11,14-15H2,1H3,(H,32,38)(H,33,39)/t20-,21-,22-,29?/m0/s1. The molecule has 12 nitrogen and oxygen atoms in total. The first kappa shape index (κ1) is 30.6. The zero-order valence-electron chi connectivity index (χ0n) is 23.2. The molecule has 5 rings (SSSR count). The number of hydrogen-bond donors (Lipinski definition) is 2. The van der Waals surface area contributed by atoms with Gasteiger partial charge in [-0.2, -0.15) is 0 Å². The Kier molecular flexibility index (Phi) is 9.38. The van der Waals surface area contributed by atoms with Gasteiger partial charge in [0.1, 0.15) is 18.1 Å². The quantitative estimate of drug-likeness (QED) is 0.423. The van der Waals surface area contributed by atoms with Crippen LogP contribution in [0.3, 0.4) is 0 Å². The number of ether oxygens (including phenoxy) is 3. The highest BCUT2D eigenvalue weighted by atomic mass is 35.5. The Balaban J connectivity index is 1.30. The molecule has 1 unspecified atom stereocenters. The summed E-state index contributed by atoms with van der Waals surface area (Å²) in [6.07, 6.45) is -0.382. The summed E-state index contributed by atoms with van der Waals surface area (Å²) in [4.78, 5) is 65.7. The second-order valence-corrected chi connectivity index (χ2v) is 11.2. The van der Waals surface area contributed by atoms with Crippen LogP contribution < -0.4 is 15.4 Å². The molecule has 2 N–H and O–H groups in total. The van der Waals surface area contributed by atoms with Gasteiger partial charge < -0.3 is 24.8 Å². The molecule has 4 amide bonds. The number of halogens is 2. The van der Waals surface area contributed by atoms with E-state index in [0.29, 0.717) is 6.42 Å². The van der Waals surface area contributed by atoms with Crippen molar-refractivity contribution >= 4 is 52.8 Å². The number of hydrazine groups is 1. The van der Waals surface area contributed by atoms with Crippen LogP contribution in [0.15, 0.2) is 42.5 Å². The van der Waals surface area contributed by atoms with Crippen molar-refractivity contribution in [2.45, 2.75) is 63.1 Å². The molecule has 3 saturated heterocycles. The van der Waals surface area contributed by atoms with Gasteiger partial charge in [0.25, 0.3) is 11.8 Å². The number of methoxy groups -OCH3 is 1. The Morgan fingerprint density at radius 1 is 1.05 bits per heavy atom. The van der Waals surface area contributed by atoms with E-state index in [0.717, 1.165) is 10.6 Å². The number of esters is 1. The molecule has 2 aromatic carbocycles. The van der Waals surface area contributed by atoms with E-state index in [1.54, 1.807) is 0 Å². The maximum Gasteiger partial charge on any atom is 0.310 e. The molecule has 3 fully saturated rings. The predicted octanol–water partition coefficient (Wildman–Crippen LogP) is 2.60. The summed E-state index contributed by atoms with van der Waals surface area (Å²) in [5.41, 5.74) is 0.954. The molecule has 3 heterocycles. The Hall–Kier alpha value is -3.87. The van der Waals surface area contributed by atoms with E-state index in [1.807, 2.05) is 30.3 Å². The lowest BCUT2D eigenvalue weighted by Gasteiger charge is -2.43. The fraction of sp³-hybridized carbons (Fsp3) is 0.414. The monoisotopic (exact) mass is 632 g/mol. The molecule has 0 bridgehead atoms. The van der Waals surface area contributed by atoms with E-state index in [2.05, 4.69) is 10.6 Å². The second kappa shape index (κ2) is 13.2. The molecule has 4 atom stereocenters. The molecule has 43 heavy (non-hydrogen) atoms. The number of amides is 4. The Morgan fingerprint density at radius 3 is 2.47 bits per heavy atom. The number of rotatable bonds is 8. The molecule has 3 aliphatic heterocycles. The number of nitrogens with zero attached hydrogens (tertiary/aromatic N) is 2. The Labute approximate surface area is 257 Å². The summed E-state index contributed by atoms with van der Waals surface area (Å²) in [5.74, 6) is -2.49. The van der Waals surface area contributed by atoms with Crippen LogP contribution in [0.25, 0.3) is 0 Å². The van der Waals surface area contributed by atoms with Gasteiger partial charge in [-0.15, -0.1) is 0 Å². The molecule has 0 radical (unpaired) electrons. The second-order valence-electron chi connectivity index (χ2n) is 10.4. The van der Waals surface area contributed by atoms with Gasteiger partial charge in [-0.1, -0.05) is 53.5 Å². The summed E-state index contributed by atoms with van der Waals surface area (Å²) in [5, 5.41) is 8.08. The molecule has 14 heteroatoms. The molecule has 0 aromatic heterocycles. The average molecular weight is 633 g/mol. The third-order valence-corrected chi connectivity index (χ3v) is 8.04. The maximum absolute atomic E-state index is 13.8. The lowest BCUT2D eigenvalue weighted by molar-refractivity contribution is -0.177. The lowest BCUT2D eigenvalue weighted by atomic mass is 10.0. The highest BCUT2D eigenvalue weighted by Crippen LogP contribution is 2.34. The predicted molar refractivity (Wildman–Crippen MR) is 153 cm³/mol. The summed E-state index contributed by atoms with van der Waals surface area (Å²) in [6.45, 7) is 0.403. The topological polar surface area (TPSA) is 144 Å². The Morgan fingerprint density at radius 2 is 1.77 bits per heavy atom. The van der Waals surface area contributed by atoms with Gasteiger partial charge in [0.15, 0.2) is 5.75 Å². The van der Waals surface area contributed by atoms with E-state index in [4.69, 9.17) is 37.4 Å². The van der Waals surface area contributed by atoms with Crippen molar-refractivity contribution in [2.24, 2.45) is 0 Å². The first-order valence-corrected chi connectivity index (χ1v) is 14.5. The van der Waals surface area contributed by atoms with Crippen molar-refractivity contribution in [3.63, 3.8) is 0 Å². The number of carbonyl (C=O) groups is 5. The van der Waals surface area contributed by atoms with Crippen molar-refractivity contribution in [3.8, 4) is 5.75 Å². The molecule has 2 aromatic rings. The van der Waals surface area contributed by atoms with E-state index >= 15 is 0 Å². The highest BCUT2D eigenvalue weighted by molar-refractivity contribution is 6.37. The minimum Gasteiger partial charge on any atom is -0.494 e. The van der Waals surface area contributed by atoms with Gasteiger partial charge in [0.05, 0.1) is 30.2 Å². The molecule has 0 saturated carbocycles. The van der Waals surface area contributed by atoms with E-state index < -0.39 is 48.1 Å². The van der Waals surface area contributed by atoms with Crippen molar-refractivity contribution in [2.75, 3.05) is 13.7 Å². The minimum atomic E-state index is -1.10. The van der Waals surface area contributed by atoms with Crippen LogP contribution in [0.5, 0.6) is 5.75 Å². The first-order valence-electron chi connectivity index (χ1n) is 13.8. The fourth-order valence-electron chi connectivity index (χ4n) is 5.37. The fourth-order valence-corrected chi connectivity index (χ4v) is 6.01. The minimum absolute atomic E-state index is 0.0218. The number of carbonyl (C=O) groups excluding carboxylic acids is 5. The molecule has 0 spiro atoms. The van der Waals surface area contributed by atoms with Gasteiger partial charge in [-0.3, -0.25) is 29.0 Å². The van der Waals surface area contributed by atoms with Crippen LogP contribution in [0.4, 0.5) is 0 Å². The van der Waals surface area contributed by atoms with E-state index in [9.17, 15) is 24.0 Å². The Bertz CT molecular complexity index is 1400. The lowest BCUT2D eigenvalue weighted by Crippen LogP contribution is -2.64. The van der Waals surface area contributed by atoms with Gasteiger partial charge in [-0.25, -0.2) is 5.01 Å². The summed E-state index contributed by atoms with van der Waals surface area (Å²) < 4.78 is 16.2. The van der Waals surface area contributed by atoms with Crippen LogP contribution in [-0.2, 0) is 35.3 Å². The van der Waals surface area contributed by atoms with Crippen LogP contribution in [0.1, 0.15) is 48.0 Å². The maximum atomic E-state index is 13.8. The van der Waals surface area contributed by atoms with Crippen molar-refractivity contribution in [1.29, 1.82) is 0 Å². The first-order chi connectivity index (χ1) is 20.7. The number of hydrogen-bond acceptors (Lipinski definition) is 8. The third kappa shape index (κ3) is 6.71. The molecular formula is C29H30Cl2N4O8. The summed E-state index contributed by atoms with van der Waals surface area (Å²) in [6, 6.07) is 9.05. The van der Waals surface area contributed by atoms with Crippen LogP contribution in [0.2, 0.25) is 10.0 Å². The largest absolute Gasteiger partial charge is 0.494 e. The normalized spacial score (nSPS) is 23.7. The summed E-state index contributed by atoms with van der Waals surface area (Å²) >= 11 is 12.4. The van der Waals surface area contributed by atoms with Gasteiger partial charge in [0, 0.05) is 18.5 Å². The van der Waals surface area contributed by atoms with Crippen LogP contribution in [-0.4, -0.2) is 77.7 Å². The van der Waals surface area contributed by atoms with Gasteiger partial charge in [-0.05, 0) is 37.0 Å². The zero-order chi connectivity index (χ0) is 30.7.